The van der Waals surface area contributed by atoms with Crippen molar-refractivity contribution in [3.05, 3.63) is 12.2 Å². The highest BCUT2D eigenvalue weighted by atomic mass is 19.4. The summed E-state index contributed by atoms with van der Waals surface area (Å²) in [5.74, 6) is -0.433. The van der Waals surface area contributed by atoms with Crippen LogP contribution >= 0.6 is 0 Å². The van der Waals surface area contributed by atoms with Crippen molar-refractivity contribution in [1.82, 2.24) is 0 Å². The summed E-state index contributed by atoms with van der Waals surface area (Å²) in [5.41, 5.74) is -5.34. The number of halogens is 3. The fraction of sp³-hybridized carbons (Fsp3) is 0.842. The Morgan fingerprint density at radius 1 is 1.04 bits per heavy atom. The van der Waals surface area contributed by atoms with Crippen LogP contribution in [0.25, 0.3) is 0 Å². The maximum atomic E-state index is 13.2. The second-order valence-corrected chi connectivity index (χ2v) is 8.45. The molecule has 0 aromatic heterocycles. The number of rotatable bonds is 6. The average molecular weight is 380 g/mol. The second-order valence-electron chi connectivity index (χ2n) is 8.45. The van der Waals surface area contributed by atoms with Crippen molar-refractivity contribution in [3.8, 4) is 0 Å². The van der Waals surface area contributed by atoms with Gasteiger partial charge in [0.1, 0.15) is 11.7 Å². The maximum absolute atomic E-state index is 13.2. The van der Waals surface area contributed by atoms with Crippen molar-refractivity contribution in [2.24, 2.45) is 5.92 Å². The van der Waals surface area contributed by atoms with E-state index in [1.165, 1.54) is 13.8 Å². The summed E-state index contributed by atoms with van der Waals surface area (Å²) in [4.78, 5) is 11.6. The summed E-state index contributed by atoms with van der Waals surface area (Å²) >= 11 is 0. The van der Waals surface area contributed by atoms with Gasteiger partial charge in [0.25, 0.3) is 0 Å². The molecule has 1 N–H and O–H groups in total. The molecule has 0 spiro atoms. The SMILES string of the molecule is C=C(C)C(=O)OC1CCC(C(C)(C)OC(C)(C)C(C)(O)C(F)(F)F)CC1. The van der Waals surface area contributed by atoms with Crippen molar-refractivity contribution < 1.29 is 32.5 Å². The smallest absolute Gasteiger partial charge is 0.419 e. The Labute approximate surface area is 153 Å². The van der Waals surface area contributed by atoms with E-state index in [1.54, 1.807) is 20.8 Å². The first kappa shape index (κ1) is 23.0. The molecule has 7 heteroatoms. The number of aliphatic hydroxyl groups is 1. The lowest BCUT2D eigenvalue weighted by molar-refractivity contribution is -0.331. The first-order chi connectivity index (χ1) is 11.5. The van der Waals surface area contributed by atoms with Gasteiger partial charge in [-0.25, -0.2) is 4.79 Å². The van der Waals surface area contributed by atoms with Crippen LogP contribution in [0, 0.1) is 5.92 Å². The van der Waals surface area contributed by atoms with Gasteiger partial charge in [-0.1, -0.05) is 6.58 Å². The van der Waals surface area contributed by atoms with E-state index in [4.69, 9.17) is 9.47 Å². The Morgan fingerprint density at radius 3 is 1.88 bits per heavy atom. The van der Waals surface area contributed by atoms with Crippen molar-refractivity contribution in [2.75, 3.05) is 0 Å². The van der Waals surface area contributed by atoms with Crippen molar-refractivity contribution in [3.63, 3.8) is 0 Å². The molecule has 0 aliphatic heterocycles. The molecule has 1 aliphatic carbocycles. The summed E-state index contributed by atoms with van der Waals surface area (Å²) in [6.45, 7) is 11.9. The van der Waals surface area contributed by atoms with Gasteiger partial charge < -0.3 is 14.6 Å². The van der Waals surface area contributed by atoms with E-state index in [1.807, 2.05) is 0 Å². The molecule has 0 radical (unpaired) electrons. The quantitative estimate of drug-likeness (QED) is 0.542. The van der Waals surface area contributed by atoms with Gasteiger partial charge >= 0.3 is 12.1 Å². The third-order valence-corrected chi connectivity index (χ3v) is 5.52. The highest BCUT2D eigenvalue weighted by Crippen LogP contribution is 2.45. The van der Waals surface area contributed by atoms with E-state index >= 15 is 0 Å². The van der Waals surface area contributed by atoms with Gasteiger partial charge in [0.05, 0.1) is 5.60 Å². The minimum Gasteiger partial charge on any atom is -0.459 e. The lowest BCUT2D eigenvalue weighted by atomic mass is 9.76. The first-order valence-electron chi connectivity index (χ1n) is 8.87. The Bertz CT molecular complexity index is 527. The van der Waals surface area contributed by atoms with Crippen molar-refractivity contribution in [2.45, 2.75) is 96.3 Å². The van der Waals surface area contributed by atoms with Crippen LogP contribution < -0.4 is 0 Å². The molecular weight excluding hydrogens is 349 g/mol. The predicted molar refractivity (Wildman–Crippen MR) is 92.6 cm³/mol. The molecule has 152 valence electrons. The lowest BCUT2D eigenvalue weighted by Crippen LogP contribution is -2.62. The summed E-state index contributed by atoms with van der Waals surface area (Å²) in [6, 6.07) is 0. The molecule has 1 rings (SSSR count). The fourth-order valence-corrected chi connectivity index (χ4v) is 3.31. The number of esters is 1. The lowest BCUT2D eigenvalue weighted by Gasteiger charge is -2.48. The molecule has 1 atom stereocenters. The summed E-state index contributed by atoms with van der Waals surface area (Å²) in [6.07, 6.45) is -2.46. The minimum atomic E-state index is -4.80. The van der Waals surface area contributed by atoms with Crippen LogP contribution in [0.2, 0.25) is 0 Å². The van der Waals surface area contributed by atoms with E-state index in [-0.39, 0.29) is 12.0 Å². The van der Waals surface area contributed by atoms with Crippen LogP contribution in [-0.4, -0.2) is 40.2 Å². The molecule has 1 unspecified atom stereocenters. The van der Waals surface area contributed by atoms with Crippen LogP contribution in [0.1, 0.15) is 67.2 Å². The summed E-state index contributed by atoms with van der Waals surface area (Å²) in [5, 5.41) is 10.0. The average Bonchev–Trinajstić information content (AvgIpc) is 2.45. The number of carbonyl (C=O) groups is 1. The van der Waals surface area contributed by atoms with Crippen LogP contribution in [0.15, 0.2) is 12.2 Å². The van der Waals surface area contributed by atoms with Crippen LogP contribution in [0.4, 0.5) is 13.2 Å². The third kappa shape index (κ3) is 5.00. The van der Waals surface area contributed by atoms with E-state index < -0.39 is 28.9 Å². The van der Waals surface area contributed by atoms with Gasteiger partial charge in [0, 0.05) is 5.57 Å². The molecule has 0 aromatic carbocycles. The van der Waals surface area contributed by atoms with Crippen LogP contribution in [0.3, 0.4) is 0 Å². The van der Waals surface area contributed by atoms with E-state index in [0.29, 0.717) is 31.3 Å². The van der Waals surface area contributed by atoms with E-state index in [0.717, 1.165) is 6.92 Å². The molecule has 0 aromatic rings. The Morgan fingerprint density at radius 2 is 1.50 bits per heavy atom. The number of hydrogen-bond acceptors (Lipinski definition) is 4. The number of hydrogen-bond donors (Lipinski definition) is 1. The van der Waals surface area contributed by atoms with Gasteiger partial charge in [-0.3, -0.25) is 0 Å². The van der Waals surface area contributed by atoms with E-state index in [9.17, 15) is 23.1 Å². The van der Waals surface area contributed by atoms with E-state index in [2.05, 4.69) is 6.58 Å². The summed E-state index contributed by atoms with van der Waals surface area (Å²) < 4.78 is 50.8. The molecule has 1 fully saturated rings. The van der Waals surface area contributed by atoms with Crippen molar-refractivity contribution in [1.29, 1.82) is 0 Å². The minimum absolute atomic E-state index is 0.00871. The molecule has 0 amide bonds. The number of alkyl halides is 3. The fourth-order valence-electron chi connectivity index (χ4n) is 3.31. The van der Waals surface area contributed by atoms with Crippen LogP contribution in [-0.2, 0) is 14.3 Å². The van der Waals surface area contributed by atoms with Crippen molar-refractivity contribution >= 4 is 5.97 Å². The molecule has 1 aliphatic rings. The van der Waals surface area contributed by atoms with Gasteiger partial charge in [-0.2, -0.15) is 13.2 Å². The topological polar surface area (TPSA) is 55.8 Å². The molecule has 0 saturated heterocycles. The first-order valence-corrected chi connectivity index (χ1v) is 8.87. The highest BCUT2D eigenvalue weighted by molar-refractivity contribution is 5.87. The molecule has 0 heterocycles. The highest BCUT2D eigenvalue weighted by Gasteiger charge is 2.61. The number of ether oxygens (including phenoxy) is 2. The van der Waals surface area contributed by atoms with Gasteiger partial charge in [0.15, 0.2) is 5.60 Å². The van der Waals surface area contributed by atoms with Crippen LogP contribution in [0.5, 0.6) is 0 Å². The Hall–Kier alpha value is -1.08. The Balaban J connectivity index is 2.75. The van der Waals surface area contributed by atoms with Gasteiger partial charge in [-0.15, -0.1) is 0 Å². The molecule has 0 bridgehead atoms. The maximum Gasteiger partial charge on any atom is 0.419 e. The zero-order valence-electron chi connectivity index (χ0n) is 16.5. The molecule has 1 saturated carbocycles. The molecular formula is C19H31F3O4. The van der Waals surface area contributed by atoms with Gasteiger partial charge in [-0.05, 0) is 73.1 Å². The standard InChI is InChI=1S/C19H31F3O4/c1-12(2)15(23)25-14-10-8-13(9-11-14)16(3,4)26-17(5,6)18(7,24)19(20,21)22/h13-14,24H,1,8-11H2,2-7H3. The zero-order valence-corrected chi connectivity index (χ0v) is 16.5. The second kappa shape index (κ2) is 7.50. The molecule has 4 nitrogen and oxygen atoms in total. The van der Waals surface area contributed by atoms with Gasteiger partial charge in [0.2, 0.25) is 0 Å². The normalized spacial score (nSPS) is 24.7. The third-order valence-electron chi connectivity index (χ3n) is 5.52. The monoisotopic (exact) mass is 380 g/mol. The largest absolute Gasteiger partial charge is 0.459 e. The zero-order chi connectivity index (χ0) is 20.6. The summed E-state index contributed by atoms with van der Waals surface area (Å²) in [7, 11) is 0. The Kier molecular flexibility index (Phi) is 6.63. The molecule has 26 heavy (non-hydrogen) atoms. The number of carbonyl (C=O) groups excluding carboxylic acids is 1. The predicted octanol–water partition coefficient (Wildman–Crippen LogP) is 4.55.